The van der Waals surface area contributed by atoms with Gasteiger partial charge in [-0.1, -0.05) is 13.8 Å². The third-order valence-corrected chi connectivity index (χ3v) is 6.86. The molecule has 0 saturated carbocycles. The van der Waals surface area contributed by atoms with E-state index in [0.29, 0.717) is 11.0 Å². The van der Waals surface area contributed by atoms with Crippen molar-refractivity contribution in [1.82, 2.24) is 24.8 Å². The molecular formula is C26H35N5O10. The Morgan fingerprint density at radius 1 is 1.10 bits per heavy atom. The SMILES string of the molecule is Cc1cc2nc3c(=O)[nH]c(=O)nc-3n(C[C@@H](OC(=O)CCNC(=O)C(O)C(C)(C)CO)[C@@H](O)[C@@H](O)CO)c2cc1C. The number of benzene rings is 1. The first-order valence-corrected chi connectivity index (χ1v) is 12.8. The molecular weight excluding hydrogens is 542 g/mol. The fourth-order valence-corrected chi connectivity index (χ4v) is 4.04. The third kappa shape index (κ3) is 7.12. The van der Waals surface area contributed by atoms with Crippen LogP contribution in [-0.4, -0.2) is 101 Å². The Morgan fingerprint density at radius 2 is 1.76 bits per heavy atom. The molecule has 0 saturated heterocycles. The number of aliphatic hydroxyl groups excluding tert-OH is 5. The first-order chi connectivity index (χ1) is 19.2. The van der Waals surface area contributed by atoms with Crippen LogP contribution in [0.2, 0.25) is 0 Å². The van der Waals surface area contributed by atoms with Gasteiger partial charge < -0.3 is 40.2 Å². The number of aromatic amines is 1. The maximum Gasteiger partial charge on any atom is 0.349 e. The number of aryl methyl sites for hydroxylation is 2. The second-order valence-electron chi connectivity index (χ2n) is 10.5. The van der Waals surface area contributed by atoms with Gasteiger partial charge in [-0.25, -0.2) is 9.78 Å². The molecule has 1 aromatic rings. The molecule has 15 nitrogen and oxygen atoms in total. The lowest BCUT2D eigenvalue weighted by molar-refractivity contribution is -0.162. The van der Waals surface area contributed by atoms with Gasteiger partial charge in [-0.15, -0.1) is 0 Å². The predicted molar refractivity (Wildman–Crippen MR) is 144 cm³/mol. The average Bonchev–Trinajstić information content (AvgIpc) is 2.92. The molecule has 2 aliphatic rings. The van der Waals surface area contributed by atoms with Crippen molar-refractivity contribution in [3.05, 3.63) is 44.1 Å². The summed E-state index contributed by atoms with van der Waals surface area (Å²) in [5.74, 6) is -1.89. The normalized spacial score (nSPS) is 15.0. The Balaban J connectivity index is 1.94. The highest BCUT2D eigenvalue weighted by Gasteiger charge is 2.34. The van der Waals surface area contributed by atoms with Gasteiger partial charge in [0.15, 0.2) is 11.5 Å². The van der Waals surface area contributed by atoms with E-state index in [4.69, 9.17) is 4.74 Å². The van der Waals surface area contributed by atoms with Crippen LogP contribution < -0.4 is 16.6 Å². The number of H-pyrrole nitrogens is 1. The zero-order chi connectivity index (χ0) is 30.6. The van der Waals surface area contributed by atoms with Crippen LogP contribution >= 0.6 is 0 Å². The monoisotopic (exact) mass is 577 g/mol. The second-order valence-corrected chi connectivity index (χ2v) is 10.5. The number of esters is 1. The minimum Gasteiger partial charge on any atom is -0.458 e. The molecule has 4 atom stereocenters. The fraction of sp³-hybridized carbons (Fsp3) is 0.538. The van der Waals surface area contributed by atoms with Crippen molar-refractivity contribution in [3.8, 4) is 11.5 Å². The van der Waals surface area contributed by atoms with Gasteiger partial charge in [-0.2, -0.15) is 4.98 Å². The van der Waals surface area contributed by atoms with Crippen LogP contribution in [-0.2, 0) is 20.9 Å². The van der Waals surface area contributed by atoms with Crippen LogP contribution in [0.5, 0.6) is 0 Å². The zero-order valence-electron chi connectivity index (χ0n) is 23.1. The highest BCUT2D eigenvalue weighted by Crippen LogP contribution is 2.25. The van der Waals surface area contributed by atoms with E-state index in [1.807, 2.05) is 18.8 Å². The molecule has 41 heavy (non-hydrogen) atoms. The molecule has 0 radical (unpaired) electrons. The lowest BCUT2D eigenvalue weighted by Crippen LogP contribution is -2.46. The van der Waals surface area contributed by atoms with Crippen LogP contribution in [0.3, 0.4) is 0 Å². The van der Waals surface area contributed by atoms with E-state index in [-0.39, 0.29) is 18.1 Å². The summed E-state index contributed by atoms with van der Waals surface area (Å²) >= 11 is 0. The third-order valence-electron chi connectivity index (χ3n) is 6.86. The summed E-state index contributed by atoms with van der Waals surface area (Å²) in [4.78, 5) is 59.8. The average molecular weight is 578 g/mol. The summed E-state index contributed by atoms with van der Waals surface area (Å²) < 4.78 is 6.80. The summed E-state index contributed by atoms with van der Waals surface area (Å²) in [6, 6.07) is 3.42. The van der Waals surface area contributed by atoms with Crippen molar-refractivity contribution < 1.29 is 39.9 Å². The van der Waals surface area contributed by atoms with Gasteiger partial charge in [-0.3, -0.25) is 19.4 Å². The number of aromatic nitrogens is 4. The zero-order valence-corrected chi connectivity index (χ0v) is 23.1. The second kappa shape index (κ2) is 12.8. The Hall–Kier alpha value is -3.76. The van der Waals surface area contributed by atoms with E-state index in [1.54, 1.807) is 12.1 Å². The molecule has 0 fully saturated rings. The maximum atomic E-state index is 12.7. The van der Waals surface area contributed by atoms with Crippen molar-refractivity contribution in [3.63, 3.8) is 0 Å². The molecule has 224 valence electrons. The van der Waals surface area contributed by atoms with Crippen LogP contribution in [0.15, 0.2) is 21.7 Å². The van der Waals surface area contributed by atoms with Gasteiger partial charge in [-0.05, 0) is 37.1 Å². The van der Waals surface area contributed by atoms with Crippen LogP contribution in [0.4, 0.5) is 0 Å². The van der Waals surface area contributed by atoms with Crippen molar-refractivity contribution in [2.75, 3.05) is 19.8 Å². The molecule has 1 amide bonds. The van der Waals surface area contributed by atoms with E-state index in [0.717, 1.165) is 11.1 Å². The van der Waals surface area contributed by atoms with Crippen molar-refractivity contribution in [1.29, 1.82) is 0 Å². The molecule has 7 N–H and O–H groups in total. The Morgan fingerprint density at radius 3 is 2.39 bits per heavy atom. The van der Waals surface area contributed by atoms with Crippen LogP contribution in [0.1, 0.15) is 31.4 Å². The molecule has 0 aliphatic carbocycles. The number of hydrogen-bond acceptors (Lipinski definition) is 12. The summed E-state index contributed by atoms with van der Waals surface area (Å²) in [6.07, 6.45) is -7.00. The van der Waals surface area contributed by atoms with E-state index in [1.165, 1.54) is 18.4 Å². The topological polar surface area (TPSA) is 237 Å². The summed E-state index contributed by atoms with van der Waals surface area (Å²) in [5, 5.41) is 52.1. The van der Waals surface area contributed by atoms with E-state index < -0.39 is 79.1 Å². The molecule has 1 unspecified atom stereocenters. The van der Waals surface area contributed by atoms with Gasteiger partial charge in [0.25, 0.3) is 5.56 Å². The Kier molecular flexibility index (Phi) is 9.94. The first-order valence-electron chi connectivity index (χ1n) is 12.8. The molecule has 0 bridgehead atoms. The van der Waals surface area contributed by atoms with Gasteiger partial charge in [0.05, 0.1) is 37.2 Å². The standard InChI is InChI=1S/C26H35N5O10/c1-12-7-14-15(8-13(12)2)31(22-19(28-14)23(38)30-25(40)29-22)9-17(20(36)16(34)10-32)41-18(35)5-6-27-24(39)21(37)26(3,4)11-33/h7-8,16-17,20-21,32-34,36-37H,5-6,9-11H2,1-4H3,(H,27,39)(H,30,38,40)/t16-,17+,20-,21?/m0/s1. The van der Waals surface area contributed by atoms with Crippen molar-refractivity contribution in [2.45, 2.75) is 65.1 Å². The predicted octanol–water partition coefficient (Wildman–Crippen LogP) is -2.29. The molecule has 15 heteroatoms. The number of aliphatic hydroxyl groups is 5. The van der Waals surface area contributed by atoms with Gasteiger partial charge >= 0.3 is 11.7 Å². The van der Waals surface area contributed by atoms with Crippen LogP contribution in [0.25, 0.3) is 22.6 Å². The summed E-state index contributed by atoms with van der Waals surface area (Å²) in [7, 11) is 0. The van der Waals surface area contributed by atoms with E-state index >= 15 is 0 Å². The number of carbonyl (C=O) groups is 2. The Labute approximate surface area is 233 Å². The Bertz CT molecular complexity index is 1500. The largest absolute Gasteiger partial charge is 0.458 e. The number of rotatable bonds is 12. The number of fused-ring (bicyclic) bond motifs is 2. The lowest BCUT2D eigenvalue weighted by atomic mass is 9.87. The van der Waals surface area contributed by atoms with Crippen molar-refractivity contribution in [2.24, 2.45) is 5.41 Å². The molecule has 0 spiro atoms. The highest BCUT2D eigenvalue weighted by molar-refractivity contribution is 5.82. The van der Waals surface area contributed by atoms with Gasteiger partial charge in [0.2, 0.25) is 5.91 Å². The summed E-state index contributed by atoms with van der Waals surface area (Å²) in [5.41, 5.74) is -0.647. The number of ether oxygens (including phenoxy) is 1. The molecule has 1 aromatic carbocycles. The maximum absolute atomic E-state index is 12.7. The smallest absolute Gasteiger partial charge is 0.349 e. The number of nitrogens with one attached hydrogen (secondary N) is 2. The first kappa shape index (κ1) is 31.8. The quantitative estimate of drug-likeness (QED) is 0.0890. The minimum atomic E-state index is -1.81. The van der Waals surface area contributed by atoms with Crippen molar-refractivity contribution >= 4 is 22.9 Å². The molecule has 3 rings (SSSR count). The number of amides is 1. The van der Waals surface area contributed by atoms with Gasteiger partial charge in [0.1, 0.15) is 24.4 Å². The fourth-order valence-electron chi connectivity index (χ4n) is 4.04. The molecule has 2 heterocycles. The lowest BCUT2D eigenvalue weighted by Gasteiger charge is -2.29. The van der Waals surface area contributed by atoms with Crippen LogP contribution in [0, 0.1) is 19.3 Å². The number of carbonyl (C=O) groups excluding carboxylic acids is 2. The number of hydrogen-bond donors (Lipinski definition) is 7. The minimum absolute atomic E-state index is 0.158. The molecule has 0 aromatic heterocycles. The summed E-state index contributed by atoms with van der Waals surface area (Å²) in [6.45, 7) is 4.63. The van der Waals surface area contributed by atoms with E-state index in [2.05, 4.69) is 15.3 Å². The van der Waals surface area contributed by atoms with E-state index in [9.17, 15) is 44.7 Å². The molecule has 2 aliphatic heterocycles. The highest BCUT2D eigenvalue weighted by atomic mass is 16.6. The number of nitrogens with zero attached hydrogens (tertiary/aromatic N) is 3. The van der Waals surface area contributed by atoms with Gasteiger partial charge in [0, 0.05) is 12.0 Å².